The SMILES string of the molecule is CCNc1cc(Nc2ccccc2I)nc(N)n1. The molecule has 1 aromatic heterocycles. The Morgan fingerprint density at radius 1 is 1.22 bits per heavy atom. The van der Waals surface area contributed by atoms with Gasteiger partial charge in [-0.3, -0.25) is 0 Å². The van der Waals surface area contributed by atoms with Crippen molar-refractivity contribution in [2.45, 2.75) is 6.92 Å². The molecule has 18 heavy (non-hydrogen) atoms. The maximum atomic E-state index is 5.68. The standard InChI is InChI=1S/C12H14IN5/c1-2-15-10-7-11(18-12(14)17-10)16-9-6-4-3-5-8(9)13/h3-7H,2H2,1H3,(H4,14,15,16,17,18). The summed E-state index contributed by atoms with van der Waals surface area (Å²) in [6.07, 6.45) is 0. The van der Waals surface area contributed by atoms with E-state index in [4.69, 9.17) is 5.73 Å². The molecule has 0 saturated carbocycles. The van der Waals surface area contributed by atoms with E-state index in [1.165, 1.54) is 0 Å². The summed E-state index contributed by atoms with van der Waals surface area (Å²) < 4.78 is 1.12. The van der Waals surface area contributed by atoms with Gasteiger partial charge in [0.25, 0.3) is 0 Å². The predicted molar refractivity (Wildman–Crippen MR) is 83.0 cm³/mol. The molecule has 0 fully saturated rings. The molecule has 0 aliphatic carbocycles. The third kappa shape index (κ3) is 3.22. The zero-order valence-electron chi connectivity index (χ0n) is 9.94. The molecule has 0 bridgehead atoms. The van der Waals surface area contributed by atoms with Crippen LogP contribution in [0.1, 0.15) is 6.92 Å². The molecule has 0 spiro atoms. The van der Waals surface area contributed by atoms with Crippen LogP contribution in [-0.4, -0.2) is 16.5 Å². The van der Waals surface area contributed by atoms with Crippen LogP contribution in [0.25, 0.3) is 0 Å². The van der Waals surface area contributed by atoms with Crippen LogP contribution >= 0.6 is 22.6 Å². The van der Waals surface area contributed by atoms with Gasteiger partial charge >= 0.3 is 0 Å². The molecule has 0 radical (unpaired) electrons. The van der Waals surface area contributed by atoms with Crippen molar-refractivity contribution in [3.8, 4) is 0 Å². The van der Waals surface area contributed by atoms with Crippen molar-refractivity contribution in [3.63, 3.8) is 0 Å². The molecule has 1 aromatic carbocycles. The predicted octanol–water partition coefficient (Wildman–Crippen LogP) is 2.84. The number of rotatable bonds is 4. The number of hydrogen-bond acceptors (Lipinski definition) is 5. The van der Waals surface area contributed by atoms with Crippen LogP contribution in [0.15, 0.2) is 30.3 Å². The van der Waals surface area contributed by atoms with E-state index in [2.05, 4.69) is 43.2 Å². The molecule has 0 aliphatic rings. The second-order valence-electron chi connectivity index (χ2n) is 3.63. The molecule has 0 unspecified atom stereocenters. The molecule has 4 N–H and O–H groups in total. The number of anilines is 4. The van der Waals surface area contributed by atoms with Gasteiger partial charge in [0, 0.05) is 16.2 Å². The van der Waals surface area contributed by atoms with Gasteiger partial charge in [0.05, 0.1) is 5.69 Å². The van der Waals surface area contributed by atoms with E-state index in [1.807, 2.05) is 37.3 Å². The van der Waals surface area contributed by atoms with E-state index in [1.54, 1.807) is 0 Å². The smallest absolute Gasteiger partial charge is 0.223 e. The molecule has 2 aromatic rings. The number of nitrogens with two attached hydrogens (primary N) is 1. The van der Waals surface area contributed by atoms with Gasteiger partial charge in [-0.25, -0.2) is 0 Å². The summed E-state index contributed by atoms with van der Waals surface area (Å²) in [5.41, 5.74) is 6.68. The van der Waals surface area contributed by atoms with E-state index >= 15 is 0 Å². The summed E-state index contributed by atoms with van der Waals surface area (Å²) in [7, 11) is 0. The first-order chi connectivity index (χ1) is 8.69. The Morgan fingerprint density at radius 3 is 2.67 bits per heavy atom. The van der Waals surface area contributed by atoms with Crippen molar-refractivity contribution in [1.82, 2.24) is 9.97 Å². The van der Waals surface area contributed by atoms with Crippen molar-refractivity contribution < 1.29 is 0 Å². The van der Waals surface area contributed by atoms with Gasteiger partial charge in [-0.2, -0.15) is 9.97 Å². The van der Waals surface area contributed by atoms with Crippen LogP contribution in [0.3, 0.4) is 0 Å². The monoisotopic (exact) mass is 355 g/mol. The maximum Gasteiger partial charge on any atom is 0.223 e. The average molecular weight is 355 g/mol. The summed E-state index contributed by atoms with van der Waals surface area (Å²) in [4.78, 5) is 8.27. The quantitative estimate of drug-likeness (QED) is 0.736. The Hall–Kier alpha value is -1.57. The third-order valence-electron chi connectivity index (χ3n) is 2.24. The first-order valence-electron chi connectivity index (χ1n) is 5.59. The van der Waals surface area contributed by atoms with E-state index in [-0.39, 0.29) is 5.95 Å². The zero-order chi connectivity index (χ0) is 13.0. The highest BCUT2D eigenvalue weighted by atomic mass is 127. The number of nitrogen functional groups attached to an aromatic ring is 1. The Balaban J connectivity index is 2.26. The molecular weight excluding hydrogens is 341 g/mol. The fourth-order valence-electron chi connectivity index (χ4n) is 1.50. The van der Waals surface area contributed by atoms with Gasteiger partial charge in [-0.15, -0.1) is 0 Å². The van der Waals surface area contributed by atoms with E-state index < -0.39 is 0 Å². The number of para-hydroxylation sites is 1. The van der Waals surface area contributed by atoms with Gasteiger partial charge in [0.1, 0.15) is 11.6 Å². The molecule has 94 valence electrons. The molecule has 2 rings (SSSR count). The molecule has 0 atom stereocenters. The molecule has 6 heteroatoms. The van der Waals surface area contributed by atoms with E-state index in [9.17, 15) is 0 Å². The Bertz CT molecular complexity index is 544. The molecule has 5 nitrogen and oxygen atoms in total. The number of nitrogens with one attached hydrogen (secondary N) is 2. The largest absolute Gasteiger partial charge is 0.370 e. The molecule has 1 heterocycles. The van der Waals surface area contributed by atoms with Crippen molar-refractivity contribution in [2.24, 2.45) is 0 Å². The Morgan fingerprint density at radius 2 is 1.94 bits per heavy atom. The second kappa shape index (κ2) is 5.85. The molecule has 0 amide bonds. The Labute approximate surface area is 119 Å². The molecule has 0 aliphatic heterocycles. The number of hydrogen-bond donors (Lipinski definition) is 3. The fourth-order valence-corrected chi connectivity index (χ4v) is 2.02. The first-order valence-corrected chi connectivity index (χ1v) is 6.67. The van der Waals surface area contributed by atoms with E-state index in [0.29, 0.717) is 5.82 Å². The minimum Gasteiger partial charge on any atom is -0.370 e. The lowest BCUT2D eigenvalue weighted by Crippen LogP contribution is -2.06. The summed E-state index contributed by atoms with van der Waals surface area (Å²) in [6, 6.07) is 9.82. The lowest BCUT2D eigenvalue weighted by molar-refractivity contribution is 1.12. The number of aromatic nitrogens is 2. The van der Waals surface area contributed by atoms with Crippen molar-refractivity contribution in [1.29, 1.82) is 0 Å². The Kier molecular flexibility index (Phi) is 4.19. The highest BCUT2D eigenvalue weighted by molar-refractivity contribution is 14.1. The van der Waals surface area contributed by atoms with Crippen LogP contribution in [0.2, 0.25) is 0 Å². The minimum atomic E-state index is 0.252. The zero-order valence-corrected chi connectivity index (χ0v) is 12.1. The summed E-state index contributed by atoms with van der Waals surface area (Å²) >= 11 is 2.27. The molecule has 0 saturated heterocycles. The number of benzene rings is 1. The topological polar surface area (TPSA) is 75.9 Å². The number of nitrogens with zero attached hydrogens (tertiary/aromatic N) is 2. The van der Waals surface area contributed by atoms with Gasteiger partial charge in [0.2, 0.25) is 5.95 Å². The van der Waals surface area contributed by atoms with E-state index in [0.717, 1.165) is 21.6 Å². The average Bonchev–Trinajstić information content (AvgIpc) is 2.32. The van der Waals surface area contributed by atoms with Crippen LogP contribution in [-0.2, 0) is 0 Å². The van der Waals surface area contributed by atoms with Gasteiger partial charge in [-0.05, 0) is 41.6 Å². The van der Waals surface area contributed by atoms with Crippen molar-refractivity contribution in [3.05, 3.63) is 33.9 Å². The lowest BCUT2D eigenvalue weighted by Gasteiger charge is -2.10. The van der Waals surface area contributed by atoms with Crippen LogP contribution < -0.4 is 16.4 Å². The summed E-state index contributed by atoms with van der Waals surface area (Å²) in [6.45, 7) is 2.80. The normalized spacial score (nSPS) is 10.1. The highest BCUT2D eigenvalue weighted by Crippen LogP contribution is 2.22. The second-order valence-corrected chi connectivity index (χ2v) is 4.79. The molecular formula is C12H14IN5. The highest BCUT2D eigenvalue weighted by Gasteiger charge is 2.04. The lowest BCUT2D eigenvalue weighted by atomic mass is 10.3. The number of halogens is 1. The van der Waals surface area contributed by atoms with Gasteiger partial charge < -0.3 is 16.4 Å². The van der Waals surface area contributed by atoms with Crippen LogP contribution in [0, 0.1) is 3.57 Å². The summed E-state index contributed by atoms with van der Waals surface area (Å²) in [5, 5.41) is 6.35. The van der Waals surface area contributed by atoms with Gasteiger partial charge in [-0.1, -0.05) is 12.1 Å². The fraction of sp³-hybridized carbons (Fsp3) is 0.167. The minimum absolute atomic E-state index is 0.252. The van der Waals surface area contributed by atoms with Crippen molar-refractivity contribution in [2.75, 3.05) is 22.9 Å². The third-order valence-corrected chi connectivity index (χ3v) is 3.18. The van der Waals surface area contributed by atoms with Crippen LogP contribution in [0.4, 0.5) is 23.3 Å². The summed E-state index contributed by atoms with van der Waals surface area (Å²) in [5.74, 6) is 1.66. The van der Waals surface area contributed by atoms with Gasteiger partial charge in [0.15, 0.2) is 0 Å². The van der Waals surface area contributed by atoms with Crippen molar-refractivity contribution >= 4 is 45.9 Å². The first kappa shape index (κ1) is 12.9. The maximum absolute atomic E-state index is 5.68. The van der Waals surface area contributed by atoms with Crippen LogP contribution in [0.5, 0.6) is 0 Å².